The van der Waals surface area contributed by atoms with Gasteiger partial charge in [-0.1, -0.05) is 5.21 Å². The van der Waals surface area contributed by atoms with Crippen LogP contribution in [0, 0.1) is 0 Å². The number of nitrogens with one attached hydrogen (secondary N) is 1. The number of hydrogen-bond donors (Lipinski definition) is 3. The van der Waals surface area contributed by atoms with Crippen LogP contribution in [-0.4, -0.2) is 52.2 Å². The van der Waals surface area contributed by atoms with Crippen LogP contribution in [0.1, 0.15) is 22.6 Å². The largest absolute Gasteiger partial charge is 0.476 e. The van der Waals surface area contributed by atoms with Gasteiger partial charge >= 0.3 is 5.97 Å². The van der Waals surface area contributed by atoms with Crippen LogP contribution in [0.3, 0.4) is 0 Å². The van der Waals surface area contributed by atoms with Gasteiger partial charge in [0.15, 0.2) is 5.69 Å². The number of carbonyl (C=O) groups excluding carboxylic acids is 1. The first-order chi connectivity index (χ1) is 9.10. The minimum absolute atomic E-state index is 0.0500. The van der Waals surface area contributed by atoms with Crippen molar-refractivity contribution in [1.29, 1.82) is 0 Å². The van der Waals surface area contributed by atoms with Crippen molar-refractivity contribution in [3.8, 4) is 0 Å². The highest BCUT2D eigenvalue weighted by Gasteiger charge is 2.18. The van der Waals surface area contributed by atoms with E-state index in [1.54, 1.807) is 7.11 Å². The summed E-state index contributed by atoms with van der Waals surface area (Å²) in [6.45, 7) is 0.872. The quantitative estimate of drug-likeness (QED) is 0.494. The Kier molecular flexibility index (Phi) is 5.90. The molecule has 0 unspecified atom stereocenters. The smallest absolute Gasteiger partial charge is 0.358 e. The third-order valence-corrected chi connectivity index (χ3v) is 2.37. The van der Waals surface area contributed by atoms with Crippen LogP contribution < -0.4 is 11.1 Å². The molecule has 1 aromatic heterocycles. The first-order valence-corrected chi connectivity index (χ1v) is 5.71. The van der Waals surface area contributed by atoms with Gasteiger partial charge < -0.3 is 20.9 Å². The minimum atomic E-state index is -1.22. The van der Waals surface area contributed by atoms with Crippen LogP contribution in [-0.2, 0) is 22.6 Å². The zero-order chi connectivity index (χ0) is 14.3. The number of carboxylic acids is 1. The van der Waals surface area contributed by atoms with Crippen molar-refractivity contribution in [3.63, 3.8) is 0 Å². The number of nitrogens with zero attached hydrogens (tertiary/aromatic N) is 3. The molecule has 1 aromatic rings. The lowest BCUT2D eigenvalue weighted by molar-refractivity contribution is -0.121. The monoisotopic (exact) mass is 271 g/mol. The van der Waals surface area contributed by atoms with Crippen LogP contribution in [0.4, 0.5) is 0 Å². The second kappa shape index (κ2) is 7.44. The van der Waals surface area contributed by atoms with Gasteiger partial charge in [-0.05, 0) is 6.42 Å². The minimum Gasteiger partial charge on any atom is -0.476 e. The Hall–Kier alpha value is -2.00. The van der Waals surface area contributed by atoms with Gasteiger partial charge in [0, 0.05) is 26.8 Å². The maximum Gasteiger partial charge on any atom is 0.358 e. The fourth-order valence-electron chi connectivity index (χ4n) is 1.46. The van der Waals surface area contributed by atoms with Crippen molar-refractivity contribution in [1.82, 2.24) is 20.3 Å². The molecule has 1 amide bonds. The standard InChI is InChI=1S/C10H17N5O4/c1-19-4-2-3-12-8(16)6-15-7(5-11)9(10(17)18)13-14-15/h2-6,11H2,1H3,(H,12,16)(H,17,18). The molecule has 0 aliphatic heterocycles. The molecule has 0 spiro atoms. The van der Waals surface area contributed by atoms with E-state index in [0.29, 0.717) is 19.6 Å². The average Bonchev–Trinajstić information content (AvgIpc) is 2.77. The fourth-order valence-corrected chi connectivity index (χ4v) is 1.46. The Morgan fingerprint density at radius 2 is 2.26 bits per heavy atom. The lowest BCUT2D eigenvalue weighted by Crippen LogP contribution is -2.30. The number of amides is 1. The molecule has 0 atom stereocenters. The molecular weight excluding hydrogens is 254 g/mol. The van der Waals surface area contributed by atoms with Crippen LogP contribution in [0.2, 0.25) is 0 Å². The Morgan fingerprint density at radius 1 is 1.53 bits per heavy atom. The molecule has 9 nitrogen and oxygen atoms in total. The first kappa shape index (κ1) is 15.1. The van der Waals surface area contributed by atoms with Gasteiger partial charge in [-0.15, -0.1) is 5.10 Å². The van der Waals surface area contributed by atoms with Gasteiger partial charge in [0.2, 0.25) is 5.91 Å². The number of carboxylic acid groups (broad SMARTS) is 1. The van der Waals surface area contributed by atoms with E-state index in [1.807, 2.05) is 0 Å². The van der Waals surface area contributed by atoms with Crippen LogP contribution in [0.15, 0.2) is 0 Å². The van der Waals surface area contributed by atoms with Crippen LogP contribution in [0.25, 0.3) is 0 Å². The maximum atomic E-state index is 11.6. The van der Waals surface area contributed by atoms with E-state index < -0.39 is 5.97 Å². The summed E-state index contributed by atoms with van der Waals surface area (Å²) in [6.07, 6.45) is 0.698. The van der Waals surface area contributed by atoms with E-state index >= 15 is 0 Å². The molecule has 1 heterocycles. The Labute approximate surface area is 109 Å². The Morgan fingerprint density at radius 3 is 2.84 bits per heavy atom. The number of aromatic nitrogens is 3. The van der Waals surface area contributed by atoms with Crippen molar-refractivity contribution >= 4 is 11.9 Å². The molecule has 19 heavy (non-hydrogen) atoms. The third kappa shape index (κ3) is 4.30. The highest BCUT2D eigenvalue weighted by Crippen LogP contribution is 2.04. The number of aromatic carboxylic acids is 1. The van der Waals surface area contributed by atoms with Gasteiger partial charge in [0.05, 0.1) is 5.69 Å². The van der Waals surface area contributed by atoms with E-state index in [0.717, 1.165) is 0 Å². The number of ether oxygens (including phenoxy) is 1. The summed E-state index contributed by atoms with van der Waals surface area (Å²) < 4.78 is 6.04. The highest BCUT2D eigenvalue weighted by atomic mass is 16.5. The van der Waals surface area contributed by atoms with E-state index in [4.69, 9.17) is 15.6 Å². The summed E-state index contributed by atoms with van der Waals surface area (Å²) in [5, 5.41) is 18.6. The van der Waals surface area contributed by atoms with E-state index in [1.165, 1.54) is 4.68 Å². The van der Waals surface area contributed by atoms with Crippen molar-refractivity contribution in [3.05, 3.63) is 11.4 Å². The molecule has 9 heteroatoms. The van der Waals surface area contributed by atoms with E-state index in [2.05, 4.69) is 15.6 Å². The predicted octanol–water partition coefficient (Wildman–Crippen LogP) is -1.41. The lowest BCUT2D eigenvalue weighted by atomic mass is 10.3. The molecular formula is C10H17N5O4. The Balaban J connectivity index is 2.57. The summed E-state index contributed by atoms with van der Waals surface area (Å²) in [7, 11) is 1.58. The molecule has 0 saturated heterocycles. The number of rotatable bonds is 8. The average molecular weight is 271 g/mol. The summed E-state index contributed by atoms with van der Waals surface area (Å²) in [6, 6.07) is 0. The molecule has 0 aromatic carbocycles. The van der Waals surface area contributed by atoms with Gasteiger partial charge in [0.25, 0.3) is 0 Å². The molecule has 4 N–H and O–H groups in total. The zero-order valence-electron chi connectivity index (χ0n) is 10.6. The van der Waals surface area contributed by atoms with Gasteiger partial charge in [-0.2, -0.15) is 0 Å². The van der Waals surface area contributed by atoms with Crippen molar-refractivity contribution in [2.24, 2.45) is 5.73 Å². The summed E-state index contributed by atoms with van der Waals surface area (Å²) >= 11 is 0. The van der Waals surface area contributed by atoms with Crippen LogP contribution in [0.5, 0.6) is 0 Å². The molecule has 1 rings (SSSR count). The van der Waals surface area contributed by atoms with Crippen LogP contribution >= 0.6 is 0 Å². The number of methoxy groups -OCH3 is 1. The van der Waals surface area contributed by atoms with Crippen molar-refractivity contribution in [2.75, 3.05) is 20.3 Å². The molecule has 106 valence electrons. The second-order valence-corrected chi connectivity index (χ2v) is 3.75. The molecule has 0 aliphatic rings. The molecule has 0 saturated carbocycles. The first-order valence-electron chi connectivity index (χ1n) is 5.71. The number of carbonyl (C=O) groups is 2. The highest BCUT2D eigenvalue weighted by molar-refractivity contribution is 5.86. The maximum absolute atomic E-state index is 11.6. The van der Waals surface area contributed by atoms with Gasteiger partial charge in [-0.3, -0.25) is 4.79 Å². The third-order valence-electron chi connectivity index (χ3n) is 2.37. The summed E-state index contributed by atoms with van der Waals surface area (Å²) in [5.41, 5.74) is 5.43. The normalized spacial score (nSPS) is 10.4. The Bertz CT molecular complexity index is 445. The second-order valence-electron chi connectivity index (χ2n) is 3.75. The topological polar surface area (TPSA) is 132 Å². The van der Waals surface area contributed by atoms with E-state index in [-0.39, 0.29) is 30.4 Å². The molecule has 0 fully saturated rings. The molecule has 0 radical (unpaired) electrons. The molecule has 0 bridgehead atoms. The number of hydrogen-bond acceptors (Lipinski definition) is 6. The SMILES string of the molecule is COCCCNC(=O)Cn1nnc(C(=O)O)c1CN. The fraction of sp³-hybridized carbons (Fsp3) is 0.600. The lowest BCUT2D eigenvalue weighted by Gasteiger charge is -2.06. The predicted molar refractivity (Wildman–Crippen MR) is 64.4 cm³/mol. The zero-order valence-corrected chi connectivity index (χ0v) is 10.6. The van der Waals surface area contributed by atoms with Gasteiger partial charge in [0.1, 0.15) is 6.54 Å². The van der Waals surface area contributed by atoms with E-state index in [9.17, 15) is 9.59 Å². The number of nitrogens with two attached hydrogens (primary N) is 1. The van der Waals surface area contributed by atoms with Crippen molar-refractivity contribution in [2.45, 2.75) is 19.5 Å². The van der Waals surface area contributed by atoms with Gasteiger partial charge in [-0.25, -0.2) is 9.48 Å². The summed E-state index contributed by atoms with van der Waals surface area (Å²) in [4.78, 5) is 22.4. The van der Waals surface area contributed by atoms with Crippen molar-refractivity contribution < 1.29 is 19.4 Å². The molecule has 0 aliphatic carbocycles. The summed E-state index contributed by atoms with van der Waals surface area (Å²) in [5.74, 6) is -1.50.